The molecule has 1 aromatic carbocycles. The minimum atomic E-state index is -0.629. The van der Waals surface area contributed by atoms with E-state index in [2.05, 4.69) is 15.6 Å². The topological polar surface area (TPSA) is 56.7 Å². The summed E-state index contributed by atoms with van der Waals surface area (Å²) in [6.07, 6.45) is 4.65. The second kappa shape index (κ2) is 10.2. The summed E-state index contributed by atoms with van der Waals surface area (Å²) in [5.41, 5.74) is 1.47. The highest BCUT2D eigenvalue weighted by Gasteiger charge is 2.30. The Balaban J connectivity index is 0.00000288. The van der Waals surface area contributed by atoms with E-state index in [0.29, 0.717) is 6.54 Å². The molecule has 1 aromatic rings. The van der Waals surface area contributed by atoms with Crippen molar-refractivity contribution in [2.75, 3.05) is 19.6 Å². The molecule has 1 fully saturated rings. The molecule has 4 nitrogen and oxygen atoms in total. The molecule has 1 aliphatic rings. The van der Waals surface area contributed by atoms with Gasteiger partial charge in [0.25, 0.3) is 0 Å². The number of benzene rings is 1. The van der Waals surface area contributed by atoms with Crippen molar-refractivity contribution in [3.05, 3.63) is 35.1 Å². The van der Waals surface area contributed by atoms with Crippen LogP contribution in [0.25, 0.3) is 0 Å². The van der Waals surface area contributed by atoms with E-state index < -0.39 is 5.60 Å². The number of guanidine groups is 1. The Hall–Kier alpha value is -0.890. The number of nitrogens with one attached hydrogen (secondary N) is 2. The van der Waals surface area contributed by atoms with Crippen molar-refractivity contribution in [3.8, 4) is 0 Å². The summed E-state index contributed by atoms with van der Waals surface area (Å²) in [5.74, 6) is 0.534. The fourth-order valence-corrected chi connectivity index (χ4v) is 3.01. The van der Waals surface area contributed by atoms with Crippen molar-refractivity contribution in [1.29, 1.82) is 0 Å². The molecule has 0 bridgehead atoms. The molecule has 0 unspecified atom stereocenters. The molecule has 0 aliphatic heterocycles. The number of halogens is 2. The fourth-order valence-electron chi connectivity index (χ4n) is 3.01. The zero-order valence-corrected chi connectivity index (χ0v) is 16.9. The lowest BCUT2D eigenvalue weighted by molar-refractivity contribution is 0.0574. The molecular weight excluding hydrogens is 420 g/mol. The minimum absolute atomic E-state index is 0. The van der Waals surface area contributed by atoms with Crippen LogP contribution in [0.5, 0.6) is 0 Å². The highest BCUT2D eigenvalue weighted by atomic mass is 127. The standard InChI is InChI=1S/C18H28FN3O.HI/c1-3-20-17(22-13-18(23)9-4-5-10-18)21-11-8-15-6-7-16(19)12-14(15)2;/h6-7,12,23H,3-5,8-11,13H2,1-2H3,(H2,20,21,22);1H. The SMILES string of the molecule is CCNC(=NCC1(O)CCCC1)NCCc1ccc(F)cc1C.I. The van der Waals surface area contributed by atoms with E-state index >= 15 is 0 Å². The predicted octanol–water partition coefficient (Wildman–Crippen LogP) is 3.15. The first-order valence-corrected chi connectivity index (χ1v) is 8.52. The third kappa shape index (κ3) is 6.55. The number of aliphatic imine (C=N–C) groups is 1. The molecule has 0 aromatic heterocycles. The highest BCUT2D eigenvalue weighted by molar-refractivity contribution is 14.0. The second-order valence-electron chi connectivity index (χ2n) is 6.37. The number of aryl methyl sites for hydroxylation is 1. The molecule has 2 rings (SSSR count). The Labute approximate surface area is 161 Å². The van der Waals surface area contributed by atoms with Gasteiger partial charge in [-0.25, -0.2) is 4.39 Å². The van der Waals surface area contributed by atoms with Crippen LogP contribution in [-0.4, -0.2) is 36.3 Å². The Morgan fingerprint density at radius 3 is 2.62 bits per heavy atom. The van der Waals surface area contributed by atoms with Crippen LogP contribution in [0.3, 0.4) is 0 Å². The Morgan fingerprint density at radius 2 is 2.00 bits per heavy atom. The molecule has 1 aliphatic carbocycles. The van der Waals surface area contributed by atoms with Gasteiger partial charge in [-0.2, -0.15) is 0 Å². The van der Waals surface area contributed by atoms with Crippen LogP contribution in [0.4, 0.5) is 4.39 Å². The van der Waals surface area contributed by atoms with Gasteiger partial charge in [-0.05, 0) is 56.4 Å². The van der Waals surface area contributed by atoms with Crippen LogP contribution < -0.4 is 10.6 Å². The molecule has 1 saturated carbocycles. The van der Waals surface area contributed by atoms with E-state index in [1.54, 1.807) is 6.07 Å². The first kappa shape index (κ1) is 21.2. The van der Waals surface area contributed by atoms with Crippen molar-refractivity contribution in [2.45, 2.75) is 51.6 Å². The smallest absolute Gasteiger partial charge is 0.191 e. The summed E-state index contributed by atoms with van der Waals surface area (Å²) in [7, 11) is 0. The lowest BCUT2D eigenvalue weighted by Gasteiger charge is -2.20. The first-order chi connectivity index (χ1) is 11.0. The number of rotatable bonds is 6. The molecule has 0 heterocycles. The molecular formula is C18H29FIN3O. The van der Waals surface area contributed by atoms with Gasteiger partial charge in [-0.1, -0.05) is 18.9 Å². The molecule has 0 amide bonds. The third-order valence-corrected chi connectivity index (χ3v) is 4.40. The fraction of sp³-hybridized carbons (Fsp3) is 0.611. The van der Waals surface area contributed by atoms with Crippen LogP contribution in [0, 0.1) is 12.7 Å². The van der Waals surface area contributed by atoms with Crippen LogP contribution >= 0.6 is 24.0 Å². The van der Waals surface area contributed by atoms with Crippen molar-refractivity contribution in [3.63, 3.8) is 0 Å². The largest absolute Gasteiger partial charge is 0.388 e. The van der Waals surface area contributed by atoms with Crippen molar-refractivity contribution < 1.29 is 9.50 Å². The number of nitrogens with zero attached hydrogens (tertiary/aromatic N) is 1. The molecule has 0 spiro atoms. The van der Waals surface area contributed by atoms with E-state index in [9.17, 15) is 9.50 Å². The maximum Gasteiger partial charge on any atom is 0.191 e. The summed E-state index contributed by atoms with van der Waals surface area (Å²) < 4.78 is 13.1. The van der Waals surface area contributed by atoms with Crippen molar-refractivity contribution in [2.24, 2.45) is 4.99 Å². The number of aliphatic hydroxyl groups is 1. The lowest BCUT2D eigenvalue weighted by atomic mass is 10.0. The maximum atomic E-state index is 13.1. The summed E-state index contributed by atoms with van der Waals surface area (Å²) >= 11 is 0. The van der Waals surface area contributed by atoms with Gasteiger partial charge in [0.05, 0.1) is 12.1 Å². The molecule has 0 saturated heterocycles. The zero-order valence-electron chi connectivity index (χ0n) is 14.6. The molecule has 6 heteroatoms. The Morgan fingerprint density at radius 1 is 1.29 bits per heavy atom. The van der Waals surface area contributed by atoms with Crippen LogP contribution in [0.1, 0.15) is 43.7 Å². The second-order valence-corrected chi connectivity index (χ2v) is 6.37. The van der Waals surface area contributed by atoms with Gasteiger partial charge in [0.1, 0.15) is 5.82 Å². The third-order valence-electron chi connectivity index (χ3n) is 4.40. The van der Waals surface area contributed by atoms with E-state index in [1.807, 2.05) is 19.9 Å². The van der Waals surface area contributed by atoms with Gasteiger partial charge in [-0.15, -0.1) is 24.0 Å². The summed E-state index contributed by atoms with van der Waals surface area (Å²) in [6, 6.07) is 4.89. The van der Waals surface area contributed by atoms with Crippen molar-refractivity contribution >= 4 is 29.9 Å². The average Bonchev–Trinajstić information content (AvgIpc) is 2.94. The summed E-state index contributed by atoms with van der Waals surface area (Å²) in [6.45, 7) is 5.88. The minimum Gasteiger partial charge on any atom is -0.388 e. The van der Waals surface area contributed by atoms with Gasteiger partial charge >= 0.3 is 0 Å². The average molecular weight is 449 g/mol. The van der Waals surface area contributed by atoms with Crippen LogP contribution in [-0.2, 0) is 6.42 Å². The normalized spacial score (nSPS) is 16.6. The van der Waals surface area contributed by atoms with E-state index in [-0.39, 0.29) is 29.8 Å². The summed E-state index contributed by atoms with van der Waals surface area (Å²) in [5, 5.41) is 16.9. The monoisotopic (exact) mass is 449 g/mol. The molecule has 136 valence electrons. The van der Waals surface area contributed by atoms with Gasteiger partial charge in [0.2, 0.25) is 0 Å². The quantitative estimate of drug-likeness (QED) is 0.356. The lowest BCUT2D eigenvalue weighted by Crippen LogP contribution is -2.40. The zero-order chi connectivity index (χ0) is 16.7. The number of hydrogen-bond acceptors (Lipinski definition) is 2. The molecule has 24 heavy (non-hydrogen) atoms. The van der Waals surface area contributed by atoms with Gasteiger partial charge in [0.15, 0.2) is 5.96 Å². The van der Waals surface area contributed by atoms with Gasteiger partial charge in [-0.3, -0.25) is 4.99 Å². The van der Waals surface area contributed by atoms with Crippen LogP contribution in [0.15, 0.2) is 23.2 Å². The molecule has 0 radical (unpaired) electrons. The van der Waals surface area contributed by atoms with Gasteiger partial charge < -0.3 is 15.7 Å². The Kier molecular flexibility index (Phi) is 8.97. The first-order valence-electron chi connectivity index (χ1n) is 8.52. The Bertz CT molecular complexity index is 545. The van der Waals surface area contributed by atoms with Gasteiger partial charge in [0, 0.05) is 13.1 Å². The van der Waals surface area contributed by atoms with Crippen LogP contribution in [0.2, 0.25) is 0 Å². The van der Waals surface area contributed by atoms with E-state index in [0.717, 1.165) is 62.3 Å². The van der Waals surface area contributed by atoms with Crippen molar-refractivity contribution in [1.82, 2.24) is 10.6 Å². The maximum absolute atomic E-state index is 13.1. The molecule has 0 atom stereocenters. The van der Waals surface area contributed by atoms with E-state index in [4.69, 9.17) is 0 Å². The predicted molar refractivity (Wildman–Crippen MR) is 108 cm³/mol. The van der Waals surface area contributed by atoms with E-state index in [1.165, 1.54) is 6.07 Å². The molecule has 3 N–H and O–H groups in total. The number of hydrogen-bond donors (Lipinski definition) is 3. The summed E-state index contributed by atoms with van der Waals surface area (Å²) in [4.78, 5) is 4.52. The highest BCUT2D eigenvalue weighted by Crippen LogP contribution is 2.29.